The third-order valence-electron chi connectivity index (χ3n) is 5.81. The van der Waals surface area contributed by atoms with Gasteiger partial charge in [-0.05, 0) is 24.1 Å². The number of carbonyl (C=O) groups is 4. The minimum absolute atomic E-state index is 0.0739. The Bertz CT molecular complexity index is 1140. The second kappa shape index (κ2) is 6.24. The Morgan fingerprint density at radius 1 is 0.931 bits per heavy atom. The molecule has 0 saturated carbocycles. The van der Waals surface area contributed by atoms with Gasteiger partial charge in [0.15, 0.2) is 11.6 Å². The first-order valence-electron chi connectivity index (χ1n) is 9.44. The predicted molar refractivity (Wildman–Crippen MR) is 101 cm³/mol. The summed E-state index contributed by atoms with van der Waals surface area (Å²) in [6.45, 7) is 1.71. The summed E-state index contributed by atoms with van der Waals surface area (Å²) in [4.78, 5) is 52.3. The summed E-state index contributed by atoms with van der Waals surface area (Å²) >= 11 is 0. The van der Waals surface area contributed by atoms with Crippen molar-refractivity contribution in [2.45, 2.75) is 12.8 Å². The Balaban J connectivity index is 1.82. The number of allylic oxidation sites excluding steroid dienone is 1. The first-order valence-corrected chi connectivity index (χ1v) is 9.44. The molecule has 0 bridgehead atoms. The van der Waals surface area contributed by atoms with E-state index in [0.29, 0.717) is 28.0 Å². The zero-order valence-electron chi connectivity index (χ0n) is 15.5. The molecule has 1 aliphatic heterocycles. The molecule has 29 heavy (non-hydrogen) atoms. The Morgan fingerprint density at radius 2 is 1.62 bits per heavy atom. The number of ketones is 2. The molecular formula is C23H16O6. The number of benzene rings is 2. The molecular weight excluding hydrogens is 372 g/mol. The van der Waals surface area contributed by atoms with Crippen molar-refractivity contribution in [3.8, 4) is 5.75 Å². The van der Waals surface area contributed by atoms with Crippen LogP contribution < -0.4 is 4.74 Å². The van der Waals surface area contributed by atoms with Gasteiger partial charge in [0.25, 0.3) is 0 Å². The number of ether oxygens (including phenoxy) is 2. The number of hydrogen-bond acceptors (Lipinski definition) is 6. The molecule has 3 aliphatic rings. The SMILES string of the molecule is CCOC(=O)C1=C2c3ccccc3C(=O)C2C2c3ccccc3OC(=O)C2C1=O. The summed E-state index contributed by atoms with van der Waals surface area (Å²) in [5, 5.41) is 0. The van der Waals surface area contributed by atoms with Crippen LogP contribution in [0.3, 0.4) is 0 Å². The van der Waals surface area contributed by atoms with Gasteiger partial charge in [-0.2, -0.15) is 0 Å². The predicted octanol–water partition coefficient (Wildman–Crippen LogP) is 2.72. The summed E-state index contributed by atoms with van der Waals surface area (Å²) in [5.41, 5.74) is 1.76. The molecule has 2 aromatic carbocycles. The molecule has 0 spiro atoms. The molecule has 6 heteroatoms. The van der Waals surface area contributed by atoms with E-state index in [1.165, 1.54) is 0 Å². The van der Waals surface area contributed by atoms with Crippen molar-refractivity contribution < 1.29 is 28.7 Å². The number of Topliss-reactive ketones (excluding diaryl/α,β-unsaturated/α-hetero) is 2. The number of fused-ring (bicyclic) bond motifs is 7. The highest BCUT2D eigenvalue weighted by atomic mass is 16.5. The summed E-state index contributed by atoms with van der Waals surface area (Å²) in [6, 6.07) is 13.8. The van der Waals surface area contributed by atoms with Crippen LogP contribution in [-0.2, 0) is 19.1 Å². The van der Waals surface area contributed by atoms with Gasteiger partial charge in [-0.3, -0.25) is 14.4 Å². The number of carbonyl (C=O) groups excluding carboxylic acids is 4. The molecule has 5 rings (SSSR count). The van der Waals surface area contributed by atoms with Crippen LogP contribution in [0, 0.1) is 11.8 Å². The first-order chi connectivity index (χ1) is 14.0. The lowest BCUT2D eigenvalue weighted by Crippen LogP contribution is -2.46. The van der Waals surface area contributed by atoms with E-state index in [-0.39, 0.29) is 18.0 Å². The minimum atomic E-state index is -1.25. The van der Waals surface area contributed by atoms with E-state index in [1.807, 2.05) is 0 Å². The van der Waals surface area contributed by atoms with Crippen molar-refractivity contribution >= 4 is 29.1 Å². The van der Waals surface area contributed by atoms with E-state index in [1.54, 1.807) is 55.5 Å². The van der Waals surface area contributed by atoms with Crippen LogP contribution in [0.2, 0.25) is 0 Å². The van der Waals surface area contributed by atoms with Gasteiger partial charge in [0, 0.05) is 17.0 Å². The zero-order valence-corrected chi connectivity index (χ0v) is 15.5. The van der Waals surface area contributed by atoms with Crippen LogP contribution in [0.1, 0.15) is 34.3 Å². The van der Waals surface area contributed by atoms with E-state index in [2.05, 4.69) is 0 Å². The second-order valence-corrected chi connectivity index (χ2v) is 7.22. The Labute approximate surface area is 166 Å². The Kier molecular flexibility index (Phi) is 3.77. The summed E-state index contributed by atoms with van der Waals surface area (Å²) in [5.74, 6) is -4.86. The molecule has 144 valence electrons. The van der Waals surface area contributed by atoms with Crippen LogP contribution in [-0.4, -0.2) is 30.1 Å². The third kappa shape index (κ3) is 2.29. The van der Waals surface area contributed by atoms with Crippen molar-refractivity contribution in [1.29, 1.82) is 0 Å². The number of para-hydroxylation sites is 1. The maximum atomic E-state index is 13.4. The monoisotopic (exact) mass is 388 g/mol. The molecule has 2 aromatic rings. The topological polar surface area (TPSA) is 86.7 Å². The molecule has 3 atom stereocenters. The van der Waals surface area contributed by atoms with Gasteiger partial charge >= 0.3 is 11.9 Å². The minimum Gasteiger partial charge on any atom is -0.462 e. The zero-order chi connectivity index (χ0) is 20.3. The Hall–Kier alpha value is -3.54. The normalized spacial score (nSPS) is 24.3. The van der Waals surface area contributed by atoms with Crippen LogP contribution in [0.5, 0.6) is 5.75 Å². The largest absolute Gasteiger partial charge is 0.462 e. The summed E-state index contributed by atoms with van der Waals surface area (Å²) < 4.78 is 10.5. The molecule has 0 N–H and O–H groups in total. The van der Waals surface area contributed by atoms with E-state index < -0.39 is 35.5 Å². The van der Waals surface area contributed by atoms with E-state index in [9.17, 15) is 19.2 Å². The van der Waals surface area contributed by atoms with Crippen molar-refractivity contribution in [3.05, 3.63) is 70.8 Å². The fourth-order valence-corrected chi connectivity index (χ4v) is 4.72. The maximum Gasteiger partial charge on any atom is 0.342 e. The van der Waals surface area contributed by atoms with Crippen LogP contribution in [0.4, 0.5) is 0 Å². The van der Waals surface area contributed by atoms with Crippen molar-refractivity contribution in [3.63, 3.8) is 0 Å². The van der Waals surface area contributed by atoms with Gasteiger partial charge in [-0.1, -0.05) is 42.5 Å². The van der Waals surface area contributed by atoms with Gasteiger partial charge in [-0.15, -0.1) is 0 Å². The maximum absolute atomic E-state index is 13.4. The highest BCUT2D eigenvalue weighted by molar-refractivity contribution is 6.33. The molecule has 0 aromatic heterocycles. The van der Waals surface area contributed by atoms with Gasteiger partial charge in [-0.25, -0.2) is 4.79 Å². The van der Waals surface area contributed by atoms with Crippen LogP contribution >= 0.6 is 0 Å². The van der Waals surface area contributed by atoms with Gasteiger partial charge in [0.1, 0.15) is 17.2 Å². The van der Waals surface area contributed by atoms with Crippen LogP contribution in [0.25, 0.3) is 5.57 Å². The first kappa shape index (κ1) is 17.6. The van der Waals surface area contributed by atoms with Crippen molar-refractivity contribution in [2.75, 3.05) is 6.61 Å². The average Bonchev–Trinajstić information content (AvgIpc) is 3.01. The quantitative estimate of drug-likeness (QED) is 0.340. The van der Waals surface area contributed by atoms with Gasteiger partial charge < -0.3 is 9.47 Å². The fraction of sp³-hybridized carbons (Fsp3) is 0.217. The molecule has 2 aliphatic carbocycles. The summed E-state index contributed by atoms with van der Waals surface area (Å²) in [6.07, 6.45) is 0. The number of hydrogen-bond donors (Lipinski definition) is 0. The molecule has 0 amide bonds. The highest BCUT2D eigenvalue weighted by Gasteiger charge is 2.58. The third-order valence-corrected chi connectivity index (χ3v) is 5.81. The lowest BCUT2D eigenvalue weighted by atomic mass is 9.64. The van der Waals surface area contributed by atoms with Crippen molar-refractivity contribution in [2.24, 2.45) is 11.8 Å². The van der Waals surface area contributed by atoms with Gasteiger partial charge in [0.05, 0.1) is 12.5 Å². The fourth-order valence-electron chi connectivity index (χ4n) is 4.72. The standard InChI is InChI=1S/C23H16O6/c1-2-28-22(26)18-15-11-7-3-4-8-12(11)20(24)17(15)16-13-9-5-6-10-14(13)29-23(27)19(16)21(18)25/h3-10,16-17,19H,2H2,1H3. The van der Waals surface area contributed by atoms with E-state index in [4.69, 9.17) is 9.47 Å². The Morgan fingerprint density at radius 3 is 2.38 bits per heavy atom. The van der Waals surface area contributed by atoms with Crippen LogP contribution in [0.15, 0.2) is 54.1 Å². The second-order valence-electron chi connectivity index (χ2n) is 7.22. The number of esters is 2. The molecule has 6 nitrogen and oxygen atoms in total. The molecule has 0 radical (unpaired) electrons. The molecule has 0 saturated heterocycles. The molecule has 0 fully saturated rings. The van der Waals surface area contributed by atoms with E-state index in [0.717, 1.165) is 0 Å². The lowest BCUT2D eigenvalue weighted by molar-refractivity contribution is -0.147. The van der Waals surface area contributed by atoms with E-state index >= 15 is 0 Å². The number of rotatable bonds is 2. The summed E-state index contributed by atoms with van der Waals surface area (Å²) in [7, 11) is 0. The smallest absolute Gasteiger partial charge is 0.342 e. The van der Waals surface area contributed by atoms with Gasteiger partial charge in [0.2, 0.25) is 0 Å². The molecule has 1 heterocycles. The lowest BCUT2D eigenvalue weighted by Gasteiger charge is -2.38. The average molecular weight is 388 g/mol. The molecule has 3 unspecified atom stereocenters. The van der Waals surface area contributed by atoms with Crippen molar-refractivity contribution in [1.82, 2.24) is 0 Å². The highest BCUT2D eigenvalue weighted by Crippen LogP contribution is 2.56.